The first-order chi connectivity index (χ1) is 10.6. The molecule has 0 aliphatic heterocycles. The molecule has 0 radical (unpaired) electrons. The Balaban J connectivity index is 2.12. The van der Waals surface area contributed by atoms with Gasteiger partial charge in [0, 0.05) is 12.2 Å². The predicted octanol–water partition coefficient (Wildman–Crippen LogP) is 3.30. The molecule has 0 bridgehead atoms. The summed E-state index contributed by atoms with van der Waals surface area (Å²) in [5, 5.41) is 7.15. The number of ether oxygens (including phenoxy) is 1. The number of hydrogen-bond acceptors (Lipinski definition) is 6. The van der Waals surface area contributed by atoms with Crippen LogP contribution < -0.4 is 21.1 Å². The van der Waals surface area contributed by atoms with Crippen LogP contribution in [-0.2, 0) is 0 Å². The highest BCUT2D eigenvalue weighted by molar-refractivity contribution is 6.33. The normalized spacial score (nSPS) is 10.4. The molecule has 0 saturated heterocycles. The number of rotatable bonds is 7. The lowest BCUT2D eigenvalue weighted by Crippen LogP contribution is -2.10. The number of nitrogens with zero attached hydrogens (tertiary/aromatic N) is 2. The van der Waals surface area contributed by atoms with Gasteiger partial charge in [0.2, 0.25) is 5.95 Å². The van der Waals surface area contributed by atoms with E-state index < -0.39 is 0 Å². The maximum absolute atomic E-state index is 6.09. The highest BCUT2D eigenvalue weighted by Crippen LogP contribution is 2.28. The van der Waals surface area contributed by atoms with Crippen LogP contribution in [0.1, 0.15) is 6.42 Å². The van der Waals surface area contributed by atoms with Gasteiger partial charge >= 0.3 is 0 Å². The summed E-state index contributed by atoms with van der Waals surface area (Å²) in [5.74, 6) is 1.58. The molecule has 0 fully saturated rings. The first-order valence-electron chi connectivity index (χ1n) is 6.71. The minimum Gasteiger partial charge on any atom is -0.495 e. The Bertz CT molecular complexity index is 639. The van der Waals surface area contributed by atoms with E-state index in [1.807, 2.05) is 6.07 Å². The lowest BCUT2D eigenvalue weighted by atomic mass is 10.3. The molecule has 2 aromatic rings. The smallest absolute Gasteiger partial charge is 0.229 e. The second kappa shape index (κ2) is 8.03. The van der Waals surface area contributed by atoms with Gasteiger partial charge in [0.15, 0.2) is 0 Å². The second-order valence-electron chi connectivity index (χ2n) is 4.43. The molecule has 0 saturated carbocycles. The Morgan fingerprint density at radius 1 is 1.27 bits per heavy atom. The van der Waals surface area contributed by atoms with Crippen LogP contribution in [-0.4, -0.2) is 30.2 Å². The third-order valence-corrected chi connectivity index (χ3v) is 3.40. The highest BCUT2D eigenvalue weighted by Gasteiger charge is 2.07. The Hall–Kier alpha value is -1.76. The summed E-state index contributed by atoms with van der Waals surface area (Å²) in [6, 6.07) is 5.32. The molecule has 0 atom stereocenters. The summed E-state index contributed by atoms with van der Waals surface area (Å²) < 4.78 is 5.11. The lowest BCUT2D eigenvalue weighted by Gasteiger charge is -2.10. The molecule has 2 rings (SSSR count). The van der Waals surface area contributed by atoms with Gasteiger partial charge < -0.3 is 21.1 Å². The minimum absolute atomic E-state index is 0.417. The Morgan fingerprint density at radius 2 is 2.09 bits per heavy atom. The van der Waals surface area contributed by atoms with E-state index in [9.17, 15) is 0 Å². The largest absolute Gasteiger partial charge is 0.495 e. The molecule has 118 valence electrons. The summed E-state index contributed by atoms with van der Waals surface area (Å²) in [5.41, 5.74) is 6.21. The van der Waals surface area contributed by atoms with Crippen LogP contribution in [0.5, 0.6) is 5.75 Å². The number of halogens is 2. The van der Waals surface area contributed by atoms with Gasteiger partial charge in [-0.05, 0) is 31.2 Å². The highest BCUT2D eigenvalue weighted by atomic mass is 35.5. The molecule has 0 aliphatic rings. The molecule has 0 amide bonds. The maximum atomic E-state index is 6.09. The minimum atomic E-state index is 0.417. The van der Waals surface area contributed by atoms with Crippen molar-refractivity contribution in [1.82, 2.24) is 9.97 Å². The summed E-state index contributed by atoms with van der Waals surface area (Å²) >= 11 is 12.1. The first-order valence-corrected chi connectivity index (χ1v) is 7.46. The van der Waals surface area contributed by atoms with Crippen molar-refractivity contribution < 1.29 is 4.74 Å². The van der Waals surface area contributed by atoms with Crippen molar-refractivity contribution >= 4 is 40.7 Å². The Labute approximate surface area is 139 Å². The van der Waals surface area contributed by atoms with E-state index in [-0.39, 0.29) is 0 Å². The number of nitrogens with two attached hydrogens (primary N) is 1. The van der Waals surface area contributed by atoms with E-state index in [2.05, 4.69) is 20.6 Å². The fourth-order valence-corrected chi connectivity index (χ4v) is 2.15. The quantitative estimate of drug-likeness (QED) is 0.670. The fraction of sp³-hybridized carbons (Fsp3) is 0.286. The first kappa shape index (κ1) is 16.6. The molecular formula is C14H17Cl2N5O. The van der Waals surface area contributed by atoms with Crippen molar-refractivity contribution in [1.29, 1.82) is 0 Å². The third-order valence-electron chi connectivity index (χ3n) is 2.83. The summed E-state index contributed by atoms with van der Waals surface area (Å²) in [6.45, 7) is 1.30. The standard InChI is InChI=1S/C14H17Cl2N5O/c1-22-12-4-3-9(7-10(12)15)20-14-19-8-11(16)13(21-14)18-6-2-5-17/h3-4,7-8H,2,5-6,17H2,1H3,(H2,18,19,20,21). The monoisotopic (exact) mass is 341 g/mol. The van der Waals surface area contributed by atoms with E-state index in [4.69, 9.17) is 33.7 Å². The van der Waals surface area contributed by atoms with Crippen molar-refractivity contribution in [2.24, 2.45) is 5.73 Å². The SMILES string of the molecule is COc1ccc(Nc2ncc(Cl)c(NCCCN)n2)cc1Cl. The van der Waals surface area contributed by atoms with E-state index in [0.717, 1.165) is 12.1 Å². The van der Waals surface area contributed by atoms with Crippen molar-refractivity contribution in [3.8, 4) is 5.75 Å². The topological polar surface area (TPSA) is 85.1 Å². The molecule has 8 heteroatoms. The zero-order valence-corrected chi connectivity index (χ0v) is 13.6. The van der Waals surface area contributed by atoms with Crippen molar-refractivity contribution in [3.63, 3.8) is 0 Å². The van der Waals surface area contributed by atoms with Gasteiger partial charge in [-0.15, -0.1) is 0 Å². The van der Waals surface area contributed by atoms with Gasteiger partial charge in [0.05, 0.1) is 18.3 Å². The Morgan fingerprint density at radius 3 is 2.77 bits per heavy atom. The number of anilines is 3. The van der Waals surface area contributed by atoms with Gasteiger partial charge in [-0.3, -0.25) is 0 Å². The van der Waals surface area contributed by atoms with Crippen LogP contribution in [0.3, 0.4) is 0 Å². The molecule has 6 nitrogen and oxygen atoms in total. The van der Waals surface area contributed by atoms with Crippen LogP contribution >= 0.6 is 23.2 Å². The average molecular weight is 342 g/mol. The van der Waals surface area contributed by atoms with Crippen LogP contribution in [0.2, 0.25) is 10.0 Å². The number of benzene rings is 1. The van der Waals surface area contributed by atoms with Gasteiger partial charge in [-0.2, -0.15) is 4.98 Å². The molecule has 4 N–H and O–H groups in total. The zero-order chi connectivity index (χ0) is 15.9. The zero-order valence-electron chi connectivity index (χ0n) is 12.1. The van der Waals surface area contributed by atoms with Gasteiger partial charge in [0.1, 0.15) is 16.6 Å². The number of hydrogen-bond donors (Lipinski definition) is 3. The van der Waals surface area contributed by atoms with Crippen LogP contribution in [0.25, 0.3) is 0 Å². The molecule has 1 aromatic heterocycles. The van der Waals surface area contributed by atoms with E-state index in [1.54, 1.807) is 19.2 Å². The Kier molecular flexibility index (Phi) is 6.06. The van der Waals surface area contributed by atoms with Crippen LogP contribution in [0.4, 0.5) is 17.5 Å². The summed E-state index contributed by atoms with van der Waals surface area (Å²) in [4.78, 5) is 8.47. The predicted molar refractivity (Wildman–Crippen MR) is 90.5 cm³/mol. The second-order valence-corrected chi connectivity index (χ2v) is 5.25. The molecule has 22 heavy (non-hydrogen) atoms. The molecule has 0 aliphatic carbocycles. The summed E-state index contributed by atoms with van der Waals surface area (Å²) in [7, 11) is 1.57. The van der Waals surface area contributed by atoms with Gasteiger partial charge in [0.25, 0.3) is 0 Å². The van der Waals surface area contributed by atoms with Gasteiger partial charge in [-0.25, -0.2) is 4.98 Å². The van der Waals surface area contributed by atoms with Crippen molar-refractivity contribution in [2.45, 2.75) is 6.42 Å². The maximum Gasteiger partial charge on any atom is 0.229 e. The fourth-order valence-electron chi connectivity index (χ4n) is 1.73. The molecule has 1 aromatic carbocycles. The van der Waals surface area contributed by atoms with E-state index in [1.165, 1.54) is 6.20 Å². The number of methoxy groups -OCH3 is 1. The molecule has 0 unspecified atom stereocenters. The number of nitrogens with one attached hydrogen (secondary N) is 2. The molecule has 1 heterocycles. The van der Waals surface area contributed by atoms with Gasteiger partial charge in [-0.1, -0.05) is 23.2 Å². The van der Waals surface area contributed by atoms with Crippen molar-refractivity contribution in [3.05, 3.63) is 34.4 Å². The van der Waals surface area contributed by atoms with Crippen LogP contribution in [0.15, 0.2) is 24.4 Å². The average Bonchev–Trinajstić information content (AvgIpc) is 2.51. The third kappa shape index (κ3) is 4.37. The molecular weight excluding hydrogens is 325 g/mol. The number of aromatic nitrogens is 2. The molecule has 0 spiro atoms. The lowest BCUT2D eigenvalue weighted by molar-refractivity contribution is 0.415. The van der Waals surface area contributed by atoms with E-state index in [0.29, 0.717) is 40.7 Å². The van der Waals surface area contributed by atoms with Crippen LogP contribution in [0, 0.1) is 0 Å². The summed E-state index contributed by atoms with van der Waals surface area (Å²) in [6.07, 6.45) is 2.37. The van der Waals surface area contributed by atoms with E-state index >= 15 is 0 Å². The van der Waals surface area contributed by atoms with Crippen molar-refractivity contribution in [2.75, 3.05) is 30.8 Å².